The molecule has 0 aliphatic rings. The van der Waals surface area contributed by atoms with Crippen molar-refractivity contribution in [2.24, 2.45) is 0 Å². The zero-order chi connectivity index (χ0) is 11.4. The summed E-state index contributed by atoms with van der Waals surface area (Å²) in [5, 5.41) is 3.25. The first-order valence-electron chi connectivity index (χ1n) is 5.12. The number of aryl methyl sites for hydroxylation is 1. The number of hydrogen-bond donors (Lipinski definition) is 1. The van der Waals surface area contributed by atoms with Crippen LogP contribution in [0.2, 0.25) is 0 Å². The lowest BCUT2D eigenvalue weighted by Crippen LogP contribution is -2.29. The van der Waals surface area contributed by atoms with Crippen LogP contribution in [0.4, 0.5) is 4.39 Å². The third-order valence-electron chi connectivity index (χ3n) is 2.50. The summed E-state index contributed by atoms with van der Waals surface area (Å²) in [6.07, 6.45) is 0. The molecule has 15 heavy (non-hydrogen) atoms. The average molecular weight is 210 g/mol. The molecule has 1 rings (SSSR count). The molecule has 0 amide bonds. The molecule has 84 valence electrons. The van der Waals surface area contributed by atoms with Crippen molar-refractivity contribution >= 4 is 0 Å². The second kappa shape index (κ2) is 5.24. The van der Waals surface area contributed by atoms with E-state index in [2.05, 4.69) is 10.2 Å². The molecule has 1 atom stereocenters. The van der Waals surface area contributed by atoms with E-state index >= 15 is 0 Å². The molecule has 0 radical (unpaired) electrons. The van der Waals surface area contributed by atoms with Crippen LogP contribution in [0.15, 0.2) is 18.2 Å². The largest absolute Gasteiger partial charge is 0.312 e. The van der Waals surface area contributed by atoms with Gasteiger partial charge in [0.1, 0.15) is 5.82 Å². The number of benzene rings is 1. The van der Waals surface area contributed by atoms with Gasteiger partial charge in [-0.15, -0.1) is 0 Å². The minimum Gasteiger partial charge on any atom is -0.312 e. The fourth-order valence-corrected chi connectivity index (χ4v) is 1.74. The highest BCUT2D eigenvalue weighted by Gasteiger charge is 2.12. The Morgan fingerprint density at radius 3 is 2.53 bits per heavy atom. The van der Waals surface area contributed by atoms with Crippen LogP contribution in [0.5, 0.6) is 0 Å². The van der Waals surface area contributed by atoms with Crippen LogP contribution in [-0.2, 0) is 0 Å². The summed E-state index contributed by atoms with van der Waals surface area (Å²) >= 11 is 0. The molecule has 2 nitrogen and oxygen atoms in total. The van der Waals surface area contributed by atoms with Gasteiger partial charge < -0.3 is 10.2 Å². The Morgan fingerprint density at radius 2 is 2.07 bits per heavy atom. The molecule has 0 aromatic heterocycles. The van der Waals surface area contributed by atoms with Crippen molar-refractivity contribution in [2.75, 3.05) is 27.7 Å². The molecule has 0 spiro atoms. The summed E-state index contributed by atoms with van der Waals surface area (Å²) in [6, 6.07) is 5.20. The van der Waals surface area contributed by atoms with Crippen molar-refractivity contribution in [1.29, 1.82) is 0 Å². The Balaban J connectivity index is 2.91. The maximum absolute atomic E-state index is 12.9. The van der Waals surface area contributed by atoms with Crippen LogP contribution in [0.1, 0.15) is 17.2 Å². The molecule has 1 unspecified atom stereocenters. The summed E-state index contributed by atoms with van der Waals surface area (Å²) in [6.45, 7) is 2.85. The summed E-state index contributed by atoms with van der Waals surface area (Å²) in [7, 11) is 5.99. The number of nitrogens with one attached hydrogen (secondary N) is 1. The first kappa shape index (κ1) is 12.1. The molecule has 0 aliphatic heterocycles. The van der Waals surface area contributed by atoms with Gasteiger partial charge in [-0.2, -0.15) is 0 Å². The number of likely N-dealkylation sites (N-methyl/N-ethyl adjacent to an activating group) is 2. The van der Waals surface area contributed by atoms with Crippen LogP contribution in [0.3, 0.4) is 0 Å². The maximum Gasteiger partial charge on any atom is 0.123 e. The molecule has 1 aromatic rings. The number of nitrogens with zero attached hydrogens (tertiary/aromatic N) is 1. The van der Waals surface area contributed by atoms with Gasteiger partial charge in [0.05, 0.1) is 0 Å². The van der Waals surface area contributed by atoms with E-state index < -0.39 is 0 Å². The topological polar surface area (TPSA) is 15.3 Å². The summed E-state index contributed by atoms with van der Waals surface area (Å²) in [5.41, 5.74) is 2.16. The van der Waals surface area contributed by atoms with Gasteiger partial charge in [-0.25, -0.2) is 4.39 Å². The lowest BCUT2D eigenvalue weighted by atomic mass is 10.0. The van der Waals surface area contributed by atoms with Crippen LogP contribution in [-0.4, -0.2) is 32.6 Å². The Kier molecular flexibility index (Phi) is 4.24. The molecule has 1 N–H and O–H groups in total. The van der Waals surface area contributed by atoms with Gasteiger partial charge in [-0.1, -0.05) is 6.07 Å². The average Bonchev–Trinajstić information content (AvgIpc) is 2.14. The van der Waals surface area contributed by atoms with Gasteiger partial charge in [0.15, 0.2) is 0 Å². The van der Waals surface area contributed by atoms with Crippen molar-refractivity contribution in [1.82, 2.24) is 10.2 Å². The zero-order valence-corrected chi connectivity index (χ0v) is 9.84. The fraction of sp³-hybridized carbons (Fsp3) is 0.500. The molecule has 0 fully saturated rings. The first-order chi connectivity index (χ1) is 7.04. The van der Waals surface area contributed by atoms with Crippen molar-refractivity contribution in [2.45, 2.75) is 13.0 Å². The van der Waals surface area contributed by atoms with Crippen LogP contribution in [0, 0.1) is 12.7 Å². The van der Waals surface area contributed by atoms with Gasteiger partial charge >= 0.3 is 0 Å². The second-order valence-corrected chi connectivity index (χ2v) is 4.10. The Labute approximate surface area is 91.1 Å². The van der Waals surface area contributed by atoms with Crippen LogP contribution < -0.4 is 5.32 Å². The highest BCUT2D eigenvalue weighted by Crippen LogP contribution is 2.18. The SMILES string of the molecule is CNC(CN(C)C)c1ccc(F)cc1C. The van der Waals surface area contributed by atoms with Gasteiger partial charge in [0, 0.05) is 12.6 Å². The highest BCUT2D eigenvalue weighted by molar-refractivity contribution is 5.29. The number of hydrogen-bond acceptors (Lipinski definition) is 2. The van der Waals surface area contributed by atoms with E-state index in [-0.39, 0.29) is 11.9 Å². The smallest absolute Gasteiger partial charge is 0.123 e. The standard InChI is InChI=1S/C12H19FN2/c1-9-7-10(13)5-6-11(9)12(14-2)8-15(3)4/h5-7,12,14H,8H2,1-4H3. The Bertz CT molecular complexity index is 323. The third-order valence-corrected chi connectivity index (χ3v) is 2.50. The molecule has 0 heterocycles. The Morgan fingerprint density at radius 1 is 1.40 bits per heavy atom. The second-order valence-electron chi connectivity index (χ2n) is 4.10. The Hall–Kier alpha value is -0.930. The van der Waals surface area contributed by atoms with Gasteiger partial charge in [0.2, 0.25) is 0 Å². The van der Waals surface area contributed by atoms with E-state index in [0.29, 0.717) is 0 Å². The van der Waals surface area contributed by atoms with Gasteiger partial charge in [-0.05, 0) is 51.3 Å². The molecule has 0 saturated heterocycles. The summed E-state index contributed by atoms with van der Waals surface area (Å²) < 4.78 is 12.9. The third kappa shape index (κ3) is 3.29. The minimum absolute atomic E-state index is 0.170. The van der Waals surface area contributed by atoms with E-state index in [1.54, 1.807) is 6.07 Å². The van der Waals surface area contributed by atoms with Crippen molar-refractivity contribution in [3.05, 3.63) is 35.1 Å². The summed E-state index contributed by atoms with van der Waals surface area (Å²) in [4.78, 5) is 2.12. The quantitative estimate of drug-likeness (QED) is 0.817. The maximum atomic E-state index is 12.9. The first-order valence-corrected chi connectivity index (χ1v) is 5.12. The minimum atomic E-state index is -0.170. The molecule has 0 saturated carbocycles. The normalized spacial score (nSPS) is 13.2. The van der Waals surface area contributed by atoms with E-state index in [1.807, 2.05) is 34.1 Å². The van der Waals surface area contributed by atoms with Crippen molar-refractivity contribution < 1.29 is 4.39 Å². The summed E-state index contributed by atoms with van der Waals surface area (Å²) in [5.74, 6) is -0.170. The van der Waals surface area contributed by atoms with Crippen LogP contribution >= 0.6 is 0 Å². The van der Waals surface area contributed by atoms with E-state index in [0.717, 1.165) is 17.7 Å². The molecular weight excluding hydrogens is 191 g/mol. The zero-order valence-electron chi connectivity index (χ0n) is 9.84. The predicted molar refractivity (Wildman–Crippen MR) is 61.5 cm³/mol. The lowest BCUT2D eigenvalue weighted by molar-refractivity contribution is 0.352. The van der Waals surface area contributed by atoms with Gasteiger partial charge in [0.25, 0.3) is 0 Å². The molecule has 3 heteroatoms. The van der Waals surface area contributed by atoms with Gasteiger partial charge in [-0.3, -0.25) is 0 Å². The van der Waals surface area contributed by atoms with Crippen LogP contribution in [0.25, 0.3) is 0 Å². The molecular formula is C12H19FN2. The van der Waals surface area contributed by atoms with E-state index in [1.165, 1.54) is 6.07 Å². The fourth-order valence-electron chi connectivity index (χ4n) is 1.74. The van der Waals surface area contributed by atoms with Crippen molar-refractivity contribution in [3.63, 3.8) is 0 Å². The predicted octanol–water partition coefficient (Wildman–Crippen LogP) is 1.96. The van der Waals surface area contributed by atoms with E-state index in [4.69, 9.17) is 0 Å². The monoisotopic (exact) mass is 210 g/mol. The lowest BCUT2D eigenvalue weighted by Gasteiger charge is -2.22. The highest BCUT2D eigenvalue weighted by atomic mass is 19.1. The van der Waals surface area contributed by atoms with Crippen molar-refractivity contribution in [3.8, 4) is 0 Å². The molecule has 0 aliphatic carbocycles. The number of halogens is 1. The molecule has 0 bridgehead atoms. The number of rotatable bonds is 4. The van der Waals surface area contributed by atoms with E-state index in [9.17, 15) is 4.39 Å². The molecule has 1 aromatic carbocycles.